The van der Waals surface area contributed by atoms with E-state index in [4.69, 9.17) is 21.1 Å². The number of carbonyl (C=O) groups excluding carboxylic acids is 2. The molecule has 0 spiro atoms. The van der Waals surface area contributed by atoms with Crippen LogP contribution in [-0.2, 0) is 21.3 Å². The molecule has 1 atom stereocenters. The van der Waals surface area contributed by atoms with E-state index < -0.39 is 12.2 Å². The maximum absolute atomic E-state index is 12.5. The Labute approximate surface area is 200 Å². The van der Waals surface area contributed by atoms with Crippen molar-refractivity contribution < 1.29 is 19.1 Å². The lowest BCUT2D eigenvalue weighted by Crippen LogP contribution is -2.28. The molecule has 1 fully saturated rings. The van der Waals surface area contributed by atoms with E-state index in [-0.39, 0.29) is 17.0 Å². The molecule has 0 aliphatic carbocycles. The molecular formula is C22H24ClN7O4. The maximum Gasteiger partial charge on any atom is 0.413 e. The van der Waals surface area contributed by atoms with Crippen LogP contribution in [0.5, 0.6) is 0 Å². The first-order valence-electron chi connectivity index (χ1n) is 10.7. The van der Waals surface area contributed by atoms with Gasteiger partial charge >= 0.3 is 6.09 Å². The molecule has 12 heteroatoms. The van der Waals surface area contributed by atoms with Gasteiger partial charge in [-0.1, -0.05) is 22.9 Å². The molecule has 1 aliphatic heterocycles. The first-order chi connectivity index (χ1) is 16.4. The molecule has 4 heterocycles. The summed E-state index contributed by atoms with van der Waals surface area (Å²) in [6.07, 6.45) is 3.17. The van der Waals surface area contributed by atoms with E-state index in [2.05, 4.69) is 30.9 Å². The molecule has 34 heavy (non-hydrogen) atoms. The number of nitrogens with one attached hydrogen (secondary N) is 2. The third kappa shape index (κ3) is 5.49. The summed E-state index contributed by atoms with van der Waals surface area (Å²) in [6.45, 7) is 2.88. The Hall–Kier alpha value is -3.57. The largest absolute Gasteiger partial charge is 0.441 e. The number of pyridine rings is 2. The predicted octanol–water partition coefficient (Wildman–Crippen LogP) is 3.60. The Morgan fingerprint density at radius 3 is 2.71 bits per heavy atom. The predicted molar refractivity (Wildman–Crippen MR) is 124 cm³/mol. The molecule has 1 saturated heterocycles. The number of anilines is 2. The van der Waals surface area contributed by atoms with Crippen LogP contribution >= 0.6 is 11.6 Å². The highest BCUT2D eigenvalue weighted by molar-refractivity contribution is 6.30. The molecule has 2 N–H and O–H groups in total. The first kappa shape index (κ1) is 23.6. The van der Waals surface area contributed by atoms with Crippen LogP contribution < -0.4 is 10.6 Å². The minimum absolute atomic E-state index is 0.0507. The standard InChI is InChI=1S/C22H24ClN7O4/c1-13(16-4-3-9-24-19(16)23)34-22(32)27-20-18(28-29-30(20)2)17-6-5-15(12-25-17)26-21(31)14-7-10-33-11-8-14/h3-6,9,12-14H,7-8,10-11H2,1-2H3,(H,26,31)(H,27,32)/t13-/m1/s1. The van der Waals surface area contributed by atoms with Crippen LogP contribution in [0.4, 0.5) is 16.3 Å². The molecule has 0 unspecified atom stereocenters. The van der Waals surface area contributed by atoms with Crippen LogP contribution in [0.2, 0.25) is 5.15 Å². The van der Waals surface area contributed by atoms with E-state index in [1.165, 1.54) is 10.9 Å². The lowest BCUT2D eigenvalue weighted by Gasteiger charge is -2.21. The zero-order valence-corrected chi connectivity index (χ0v) is 19.5. The molecule has 11 nitrogen and oxygen atoms in total. The summed E-state index contributed by atoms with van der Waals surface area (Å²) in [7, 11) is 1.63. The van der Waals surface area contributed by atoms with E-state index >= 15 is 0 Å². The molecule has 178 valence electrons. The molecule has 0 radical (unpaired) electrons. The third-order valence-corrected chi connectivity index (χ3v) is 5.74. The van der Waals surface area contributed by atoms with Gasteiger partial charge in [0.1, 0.15) is 11.3 Å². The minimum atomic E-state index is -0.709. The van der Waals surface area contributed by atoms with Gasteiger partial charge in [0.05, 0.1) is 17.6 Å². The average Bonchev–Trinajstić information content (AvgIpc) is 3.20. The lowest BCUT2D eigenvalue weighted by atomic mass is 9.99. The summed E-state index contributed by atoms with van der Waals surface area (Å²) in [5.41, 5.74) is 1.98. The third-order valence-electron chi connectivity index (χ3n) is 5.42. The van der Waals surface area contributed by atoms with Gasteiger partial charge in [-0.15, -0.1) is 5.10 Å². The average molecular weight is 486 g/mol. The van der Waals surface area contributed by atoms with Gasteiger partial charge in [-0.3, -0.25) is 15.1 Å². The Bertz CT molecular complexity index is 1160. The van der Waals surface area contributed by atoms with Gasteiger partial charge in [-0.25, -0.2) is 14.5 Å². The SMILES string of the molecule is C[C@@H](OC(=O)Nc1c(-c2ccc(NC(=O)C3CCOCC3)cn2)nnn1C)c1cccnc1Cl. The van der Waals surface area contributed by atoms with Gasteiger partial charge in [-0.2, -0.15) is 0 Å². The number of hydrogen-bond acceptors (Lipinski definition) is 8. The summed E-state index contributed by atoms with van der Waals surface area (Å²) in [5.74, 6) is 0.186. The molecule has 1 aliphatic rings. The molecule has 4 rings (SSSR count). The van der Waals surface area contributed by atoms with Crippen LogP contribution in [-0.4, -0.2) is 50.2 Å². The van der Waals surface area contributed by atoms with Crippen molar-refractivity contribution in [2.45, 2.75) is 25.9 Å². The van der Waals surface area contributed by atoms with Crippen LogP contribution in [0.1, 0.15) is 31.4 Å². The smallest absolute Gasteiger partial charge is 0.413 e. The number of amides is 2. The zero-order valence-electron chi connectivity index (χ0n) is 18.7. The van der Waals surface area contributed by atoms with Crippen LogP contribution in [0.3, 0.4) is 0 Å². The van der Waals surface area contributed by atoms with Gasteiger partial charge in [-0.05, 0) is 38.0 Å². The van der Waals surface area contributed by atoms with E-state index in [1.54, 1.807) is 44.4 Å². The summed E-state index contributed by atoms with van der Waals surface area (Å²) in [5, 5.41) is 13.9. The van der Waals surface area contributed by atoms with Crippen LogP contribution in [0.25, 0.3) is 11.4 Å². The number of nitrogens with zero attached hydrogens (tertiary/aromatic N) is 5. The molecule has 3 aromatic heterocycles. The number of aromatic nitrogens is 5. The second-order valence-electron chi connectivity index (χ2n) is 7.77. The molecule has 0 saturated carbocycles. The van der Waals surface area contributed by atoms with Crippen molar-refractivity contribution in [1.29, 1.82) is 0 Å². The Kier molecular flexibility index (Phi) is 7.33. The van der Waals surface area contributed by atoms with Crippen LogP contribution in [0.15, 0.2) is 36.7 Å². The fourth-order valence-electron chi connectivity index (χ4n) is 3.53. The highest BCUT2D eigenvalue weighted by atomic mass is 35.5. The van der Waals surface area contributed by atoms with Crippen molar-refractivity contribution in [2.75, 3.05) is 23.8 Å². The molecule has 0 aromatic carbocycles. The maximum atomic E-state index is 12.5. The quantitative estimate of drug-likeness (QED) is 0.506. The normalized spacial score (nSPS) is 14.9. The molecular weight excluding hydrogens is 462 g/mol. The summed E-state index contributed by atoms with van der Waals surface area (Å²) in [4.78, 5) is 33.3. The fraction of sp³-hybridized carbons (Fsp3) is 0.364. The molecule has 2 amide bonds. The van der Waals surface area contributed by atoms with E-state index in [0.29, 0.717) is 54.5 Å². The van der Waals surface area contributed by atoms with Crippen molar-refractivity contribution in [3.8, 4) is 11.4 Å². The van der Waals surface area contributed by atoms with Crippen molar-refractivity contribution >= 4 is 35.1 Å². The highest BCUT2D eigenvalue weighted by Crippen LogP contribution is 2.27. The summed E-state index contributed by atoms with van der Waals surface area (Å²) < 4.78 is 12.1. The number of hydrogen-bond donors (Lipinski definition) is 2. The Morgan fingerprint density at radius 2 is 2.00 bits per heavy atom. The number of halogens is 1. The summed E-state index contributed by atoms with van der Waals surface area (Å²) in [6, 6.07) is 6.86. The second kappa shape index (κ2) is 10.6. The summed E-state index contributed by atoms with van der Waals surface area (Å²) >= 11 is 6.08. The fourth-order valence-corrected chi connectivity index (χ4v) is 3.81. The van der Waals surface area contributed by atoms with Crippen molar-refractivity contribution in [3.05, 3.63) is 47.4 Å². The van der Waals surface area contributed by atoms with Gasteiger partial charge in [0.25, 0.3) is 0 Å². The highest BCUT2D eigenvalue weighted by Gasteiger charge is 2.23. The Balaban J connectivity index is 1.42. The van der Waals surface area contributed by atoms with Gasteiger partial charge < -0.3 is 14.8 Å². The van der Waals surface area contributed by atoms with Crippen molar-refractivity contribution in [1.82, 2.24) is 25.0 Å². The first-order valence-corrected chi connectivity index (χ1v) is 11.1. The topological polar surface area (TPSA) is 133 Å². The van der Waals surface area contributed by atoms with Gasteiger partial charge in [0.15, 0.2) is 11.5 Å². The van der Waals surface area contributed by atoms with Gasteiger partial charge in [0.2, 0.25) is 5.91 Å². The number of carbonyl (C=O) groups is 2. The van der Waals surface area contributed by atoms with E-state index in [1.807, 2.05) is 0 Å². The number of ether oxygens (including phenoxy) is 2. The van der Waals surface area contributed by atoms with Crippen molar-refractivity contribution in [3.63, 3.8) is 0 Å². The lowest BCUT2D eigenvalue weighted by molar-refractivity contribution is -0.122. The zero-order chi connectivity index (χ0) is 24.1. The second-order valence-corrected chi connectivity index (χ2v) is 8.13. The van der Waals surface area contributed by atoms with Gasteiger partial charge in [0, 0.05) is 37.9 Å². The minimum Gasteiger partial charge on any atom is -0.441 e. The molecule has 0 bridgehead atoms. The monoisotopic (exact) mass is 485 g/mol. The van der Waals surface area contributed by atoms with Crippen LogP contribution in [0, 0.1) is 5.92 Å². The number of rotatable bonds is 6. The van der Waals surface area contributed by atoms with E-state index in [0.717, 1.165) is 0 Å². The molecule has 3 aromatic rings. The van der Waals surface area contributed by atoms with Crippen molar-refractivity contribution in [2.24, 2.45) is 13.0 Å². The Morgan fingerprint density at radius 1 is 1.21 bits per heavy atom. The van der Waals surface area contributed by atoms with E-state index in [9.17, 15) is 9.59 Å². The number of aryl methyl sites for hydroxylation is 1.